The van der Waals surface area contributed by atoms with Crippen molar-refractivity contribution < 1.29 is 0 Å². The van der Waals surface area contributed by atoms with Gasteiger partial charge in [-0.3, -0.25) is 0 Å². The van der Waals surface area contributed by atoms with Crippen LogP contribution < -0.4 is 10.6 Å². The van der Waals surface area contributed by atoms with E-state index in [1.807, 2.05) is 30.0 Å². The van der Waals surface area contributed by atoms with E-state index in [-0.39, 0.29) is 0 Å². The van der Waals surface area contributed by atoms with Gasteiger partial charge in [0.15, 0.2) is 0 Å². The van der Waals surface area contributed by atoms with Gasteiger partial charge in [-0.2, -0.15) is 11.8 Å². The maximum Gasteiger partial charge on any atom is 0.139 e. The van der Waals surface area contributed by atoms with Gasteiger partial charge in [0.1, 0.15) is 12.1 Å². The SMILES string of the molecule is CN(c1ncnc2cc(N)ccc12)C1CCSC1. The molecule has 3 rings (SSSR count). The van der Waals surface area contributed by atoms with Crippen LogP contribution in [-0.2, 0) is 0 Å². The first-order valence-corrected chi connectivity index (χ1v) is 7.22. The molecular weight excluding hydrogens is 244 g/mol. The van der Waals surface area contributed by atoms with Crippen LogP contribution in [0.3, 0.4) is 0 Å². The molecule has 1 unspecified atom stereocenters. The van der Waals surface area contributed by atoms with Crippen molar-refractivity contribution in [1.82, 2.24) is 9.97 Å². The largest absolute Gasteiger partial charge is 0.399 e. The van der Waals surface area contributed by atoms with Crippen molar-refractivity contribution >= 4 is 34.2 Å². The quantitative estimate of drug-likeness (QED) is 0.839. The first-order valence-electron chi connectivity index (χ1n) is 6.06. The molecule has 5 heteroatoms. The van der Waals surface area contributed by atoms with Gasteiger partial charge in [-0.1, -0.05) is 0 Å². The number of nitrogens with two attached hydrogens (primary N) is 1. The van der Waals surface area contributed by atoms with Crippen LogP contribution in [0.25, 0.3) is 10.9 Å². The minimum Gasteiger partial charge on any atom is -0.399 e. The Morgan fingerprint density at radius 1 is 1.39 bits per heavy atom. The summed E-state index contributed by atoms with van der Waals surface area (Å²) in [6.45, 7) is 0. The summed E-state index contributed by atoms with van der Waals surface area (Å²) in [5, 5.41) is 1.08. The smallest absolute Gasteiger partial charge is 0.139 e. The number of anilines is 2. The predicted octanol–water partition coefficient (Wildman–Crippen LogP) is 2.15. The lowest BCUT2D eigenvalue weighted by atomic mass is 10.1. The molecule has 94 valence electrons. The Bertz CT molecular complexity index is 566. The monoisotopic (exact) mass is 260 g/mol. The summed E-state index contributed by atoms with van der Waals surface area (Å²) in [5.41, 5.74) is 7.45. The molecule has 0 aliphatic carbocycles. The highest BCUT2D eigenvalue weighted by atomic mass is 32.2. The predicted molar refractivity (Wildman–Crippen MR) is 78.1 cm³/mol. The number of nitrogens with zero attached hydrogens (tertiary/aromatic N) is 3. The number of hydrogen-bond acceptors (Lipinski definition) is 5. The summed E-state index contributed by atoms with van der Waals surface area (Å²) >= 11 is 2.01. The minimum atomic E-state index is 0.575. The Kier molecular flexibility index (Phi) is 2.99. The van der Waals surface area contributed by atoms with Crippen LogP contribution in [-0.4, -0.2) is 34.6 Å². The average Bonchev–Trinajstić information content (AvgIpc) is 2.90. The highest BCUT2D eigenvalue weighted by Gasteiger charge is 2.22. The van der Waals surface area contributed by atoms with E-state index in [1.165, 1.54) is 17.9 Å². The molecule has 0 radical (unpaired) electrons. The molecule has 4 nitrogen and oxygen atoms in total. The molecule has 0 bridgehead atoms. The fourth-order valence-electron chi connectivity index (χ4n) is 2.34. The highest BCUT2D eigenvalue weighted by Crippen LogP contribution is 2.29. The lowest BCUT2D eigenvalue weighted by molar-refractivity contribution is 0.693. The normalized spacial score (nSPS) is 19.3. The molecule has 1 atom stereocenters. The van der Waals surface area contributed by atoms with Crippen molar-refractivity contribution in [3.63, 3.8) is 0 Å². The highest BCUT2D eigenvalue weighted by molar-refractivity contribution is 7.99. The summed E-state index contributed by atoms with van der Waals surface area (Å²) in [4.78, 5) is 11.0. The first-order chi connectivity index (χ1) is 8.75. The molecule has 1 aliphatic heterocycles. The van der Waals surface area contributed by atoms with Crippen molar-refractivity contribution in [2.24, 2.45) is 0 Å². The first kappa shape index (κ1) is 11.6. The van der Waals surface area contributed by atoms with E-state index in [0.29, 0.717) is 6.04 Å². The van der Waals surface area contributed by atoms with E-state index in [9.17, 15) is 0 Å². The number of hydrogen-bond donors (Lipinski definition) is 1. The average molecular weight is 260 g/mol. The minimum absolute atomic E-state index is 0.575. The Morgan fingerprint density at radius 3 is 3.06 bits per heavy atom. The van der Waals surface area contributed by atoms with E-state index in [4.69, 9.17) is 5.73 Å². The molecular formula is C13H16N4S. The number of rotatable bonds is 2. The van der Waals surface area contributed by atoms with Crippen LogP contribution in [0, 0.1) is 0 Å². The third kappa shape index (κ3) is 1.99. The van der Waals surface area contributed by atoms with Crippen LogP contribution in [0.1, 0.15) is 6.42 Å². The lowest BCUT2D eigenvalue weighted by Gasteiger charge is -2.25. The number of fused-ring (bicyclic) bond motifs is 1. The molecule has 0 spiro atoms. The van der Waals surface area contributed by atoms with Crippen molar-refractivity contribution in [1.29, 1.82) is 0 Å². The number of thioether (sulfide) groups is 1. The van der Waals surface area contributed by atoms with E-state index >= 15 is 0 Å². The molecule has 1 aromatic heterocycles. The molecule has 1 fully saturated rings. The van der Waals surface area contributed by atoms with E-state index in [2.05, 4.69) is 21.9 Å². The van der Waals surface area contributed by atoms with Crippen LogP contribution in [0.5, 0.6) is 0 Å². The second kappa shape index (κ2) is 4.65. The van der Waals surface area contributed by atoms with Crippen LogP contribution >= 0.6 is 11.8 Å². The summed E-state index contributed by atoms with van der Waals surface area (Å²) in [5.74, 6) is 3.43. The molecule has 18 heavy (non-hydrogen) atoms. The lowest BCUT2D eigenvalue weighted by Crippen LogP contribution is -2.32. The summed E-state index contributed by atoms with van der Waals surface area (Å²) in [6.07, 6.45) is 2.84. The van der Waals surface area contributed by atoms with Gasteiger partial charge in [-0.05, 0) is 30.4 Å². The maximum atomic E-state index is 5.79. The standard InChI is InChI=1S/C13H16N4S/c1-17(10-4-5-18-7-10)13-11-3-2-9(14)6-12(11)15-8-16-13/h2-3,6,8,10H,4-5,7,14H2,1H3. The Morgan fingerprint density at radius 2 is 2.28 bits per heavy atom. The summed E-state index contributed by atoms with van der Waals surface area (Å²) in [7, 11) is 2.12. The molecule has 2 N–H and O–H groups in total. The molecule has 0 amide bonds. The third-order valence-electron chi connectivity index (χ3n) is 3.43. The van der Waals surface area contributed by atoms with E-state index in [1.54, 1.807) is 6.33 Å². The number of benzene rings is 1. The van der Waals surface area contributed by atoms with E-state index < -0.39 is 0 Å². The van der Waals surface area contributed by atoms with Crippen LogP contribution in [0.4, 0.5) is 11.5 Å². The van der Waals surface area contributed by atoms with Gasteiger partial charge in [-0.15, -0.1) is 0 Å². The van der Waals surface area contributed by atoms with Crippen molar-refractivity contribution in [3.8, 4) is 0 Å². The fraction of sp³-hybridized carbons (Fsp3) is 0.385. The van der Waals surface area contributed by atoms with Crippen molar-refractivity contribution in [3.05, 3.63) is 24.5 Å². The number of aromatic nitrogens is 2. The van der Waals surface area contributed by atoms with E-state index in [0.717, 1.165) is 22.4 Å². The molecule has 1 saturated heterocycles. The molecule has 2 aromatic rings. The second-order valence-electron chi connectivity index (χ2n) is 4.60. The van der Waals surface area contributed by atoms with Gasteiger partial charge in [0, 0.05) is 29.9 Å². The zero-order chi connectivity index (χ0) is 12.5. The summed E-state index contributed by atoms with van der Waals surface area (Å²) in [6, 6.07) is 6.40. The maximum absolute atomic E-state index is 5.79. The Hall–Kier alpha value is -1.49. The van der Waals surface area contributed by atoms with Gasteiger partial charge in [0.05, 0.1) is 5.52 Å². The van der Waals surface area contributed by atoms with Gasteiger partial charge >= 0.3 is 0 Å². The Balaban J connectivity index is 2.05. The zero-order valence-corrected chi connectivity index (χ0v) is 11.2. The molecule has 1 aliphatic rings. The second-order valence-corrected chi connectivity index (χ2v) is 5.75. The molecule has 1 aromatic carbocycles. The zero-order valence-electron chi connectivity index (χ0n) is 10.3. The molecule has 2 heterocycles. The van der Waals surface area contributed by atoms with Gasteiger partial charge in [0.25, 0.3) is 0 Å². The molecule has 0 saturated carbocycles. The van der Waals surface area contributed by atoms with Gasteiger partial charge < -0.3 is 10.6 Å². The number of nitrogen functional groups attached to an aromatic ring is 1. The van der Waals surface area contributed by atoms with Gasteiger partial charge in [-0.25, -0.2) is 9.97 Å². The van der Waals surface area contributed by atoms with Crippen molar-refractivity contribution in [2.45, 2.75) is 12.5 Å². The van der Waals surface area contributed by atoms with Crippen LogP contribution in [0.15, 0.2) is 24.5 Å². The third-order valence-corrected chi connectivity index (χ3v) is 4.57. The Labute approximate surface area is 111 Å². The topological polar surface area (TPSA) is 55.0 Å². The van der Waals surface area contributed by atoms with Crippen molar-refractivity contribution in [2.75, 3.05) is 29.2 Å². The summed E-state index contributed by atoms with van der Waals surface area (Å²) < 4.78 is 0. The fourth-order valence-corrected chi connectivity index (χ4v) is 3.61. The van der Waals surface area contributed by atoms with Gasteiger partial charge in [0.2, 0.25) is 0 Å². The van der Waals surface area contributed by atoms with Crippen LogP contribution in [0.2, 0.25) is 0 Å².